The van der Waals surface area contributed by atoms with Crippen LogP contribution in [0.15, 0.2) is 23.1 Å². The van der Waals surface area contributed by atoms with E-state index in [0.717, 1.165) is 27.7 Å². The van der Waals surface area contributed by atoms with Crippen molar-refractivity contribution in [1.29, 1.82) is 5.26 Å². The topological polar surface area (TPSA) is 140 Å². The van der Waals surface area contributed by atoms with E-state index in [0.29, 0.717) is 0 Å². The normalized spacial score (nSPS) is 10.5. The second-order valence-corrected chi connectivity index (χ2v) is 4.81. The first-order valence-electron chi connectivity index (χ1n) is 6.68. The van der Waals surface area contributed by atoms with Gasteiger partial charge in [-0.25, -0.2) is 18.6 Å². The molecule has 0 spiro atoms. The number of nitrogen functional groups attached to an aromatic ring is 1. The molecule has 10 nitrogen and oxygen atoms in total. The van der Waals surface area contributed by atoms with Crippen molar-refractivity contribution in [2.24, 2.45) is 7.05 Å². The molecule has 0 saturated heterocycles. The predicted molar refractivity (Wildman–Crippen MR) is 81.0 cm³/mol. The summed E-state index contributed by atoms with van der Waals surface area (Å²) in [5.41, 5.74) is 4.40. The summed E-state index contributed by atoms with van der Waals surface area (Å²) in [4.78, 5) is 19.2. The van der Waals surface area contributed by atoms with Crippen LogP contribution in [0.4, 0.5) is 26.2 Å². The number of aromatic nitrogens is 6. The molecule has 3 aromatic rings. The minimum atomic E-state index is -0.822. The average Bonchev–Trinajstić information content (AvgIpc) is 2.92. The molecule has 2 heterocycles. The van der Waals surface area contributed by atoms with Gasteiger partial charge < -0.3 is 11.1 Å². The van der Waals surface area contributed by atoms with Crippen LogP contribution in [0.3, 0.4) is 0 Å². The Balaban J connectivity index is 2.10. The lowest BCUT2D eigenvalue weighted by molar-refractivity contribution is 0.619. The van der Waals surface area contributed by atoms with Gasteiger partial charge in [-0.1, -0.05) is 0 Å². The summed E-state index contributed by atoms with van der Waals surface area (Å²) < 4.78 is 29.1. The molecule has 0 aliphatic carbocycles. The minimum Gasteiger partial charge on any atom is -0.381 e. The molecule has 0 radical (unpaired) electrons. The van der Waals surface area contributed by atoms with Gasteiger partial charge in [-0.05, 0) is 22.6 Å². The Hall–Kier alpha value is -3.88. The highest BCUT2D eigenvalue weighted by atomic mass is 19.1. The third kappa shape index (κ3) is 2.85. The zero-order valence-electron chi connectivity index (χ0n) is 12.6. The van der Waals surface area contributed by atoms with E-state index >= 15 is 0 Å². The van der Waals surface area contributed by atoms with Gasteiger partial charge in [0.2, 0.25) is 5.95 Å². The number of aryl methyl sites for hydroxylation is 1. The van der Waals surface area contributed by atoms with Crippen molar-refractivity contribution < 1.29 is 8.78 Å². The highest BCUT2D eigenvalue weighted by Crippen LogP contribution is 2.24. The van der Waals surface area contributed by atoms with E-state index in [1.165, 1.54) is 7.05 Å². The Morgan fingerprint density at radius 3 is 2.64 bits per heavy atom. The molecule has 3 rings (SSSR count). The third-order valence-corrected chi connectivity index (χ3v) is 3.17. The van der Waals surface area contributed by atoms with Crippen LogP contribution in [0.25, 0.3) is 5.69 Å². The fourth-order valence-electron chi connectivity index (χ4n) is 1.95. The van der Waals surface area contributed by atoms with Gasteiger partial charge in [0.25, 0.3) is 0 Å². The second-order valence-electron chi connectivity index (χ2n) is 4.81. The second kappa shape index (κ2) is 5.96. The molecule has 3 N–H and O–H groups in total. The Kier molecular flexibility index (Phi) is 3.82. The number of benzene rings is 1. The van der Waals surface area contributed by atoms with E-state index in [-0.39, 0.29) is 22.9 Å². The van der Waals surface area contributed by atoms with Crippen molar-refractivity contribution in [3.63, 3.8) is 0 Å². The lowest BCUT2D eigenvalue weighted by atomic mass is 10.1. The van der Waals surface area contributed by atoms with Crippen LogP contribution < -0.4 is 16.7 Å². The van der Waals surface area contributed by atoms with Crippen molar-refractivity contribution >= 4 is 17.5 Å². The highest BCUT2D eigenvalue weighted by molar-refractivity contribution is 5.63. The molecular formula is C13H9F2N9O. The van der Waals surface area contributed by atoms with E-state index in [4.69, 9.17) is 11.0 Å². The number of hydrogen-bond acceptors (Lipinski definition) is 8. The summed E-state index contributed by atoms with van der Waals surface area (Å²) in [6, 6.07) is 3.84. The molecule has 0 aliphatic heterocycles. The zero-order chi connectivity index (χ0) is 18.1. The van der Waals surface area contributed by atoms with Crippen LogP contribution in [0.2, 0.25) is 0 Å². The Morgan fingerprint density at radius 1 is 1.28 bits per heavy atom. The van der Waals surface area contributed by atoms with E-state index in [1.807, 2.05) is 0 Å². The zero-order valence-corrected chi connectivity index (χ0v) is 12.6. The van der Waals surface area contributed by atoms with Gasteiger partial charge in [-0.15, -0.1) is 0 Å². The number of halogens is 2. The summed E-state index contributed by atoms with van der Waals surface area (Å²) >= 11 is 0. The first kappa shape index (κ1) is 16.0. The fourth-order valence-corrected chi connectivity index (χ4v) is 1.95. The largest absolute Gasteiger partial charge is 0.381 e. The van der Waals surface area contributed by atoms with Crippen molar-refractivity contribution in [2.45, 2.75) is 0 Å². The fraction of sp³-hybridized carbons (Fsp3) is 0.0769. The van der Waals surface area contributed by atoms with Crippen molar-refractivity contribution in [2.75, 3.05) is 11.1 Å². The molecule has 2 aromatic heterocycles. The number of anilines is 3. The molecule has 126 valence electrons. The summed E-state index contributed by atoms with van der Waals surface area (Å²) in [6.07, 6.45) is 0.820. The van der Waals surface area contributed by atoms with E-state index in [2.05, 4.69) is 25.7 Å². The van der Waals surface area contributed by atoms with Crippen LogP contribution in [-0.4, -0.2) is 29.8 Å². The van der Waals surface area contributed by atoms with Crippen molar-refractivity contribution in [1.82, 2.24) is 29.8 Å². The smallest absolute Gasteiger partial charge is 0.368 e. The molecular weight excluding hydrogens is 336 g/mol. The molecule has 12 heteroatoms. The number of nitrogens with one attached hydrogen (secondary N) is 1. The van der Waals surface area contributed by atoms with Gasteiger partial charge in [0.1, 0.15) is 11.9 Å². The Bertz CT molecular complexity index is 1070. The lowest BCUT2D eigenvalue weighted by Gasteiger charge is -2.10. The lowest BCUT2D eigenvalue weighted by Crippen LogP contribution is -2.22. The van der Waals surface area contributed by atoms with Crippen LogP contribution in [0.1, 0.15) is 5.56 Å². The van der Waals surface area contributed by atoms with Crippen LogP contribution in [0, 0.1) is 23.0 Å². The molecule has 0 saturated carbocycles. The van der Waals surface area contributed by atoms with Gasteiger partial charge in [-0.3, -0.25) is 0 Å². The number of nitrogens with two attached hydrogens (primary N) is 1. The molecule has 0 unspecified atom stereocenters. The van der Waals surface area contributed by atoms with Gasteiger partial charge in [0.05, 0.1) is 23.1 Å². The summed E-state index contributed by atoms with van der Waals surface area (Å²) in [7, 11) is 1.37. The maximum atomic E-state index is 14.2. The summed E-state index contributed by atoms with van der Waals surface area (Å²) in [6.45, 7) is 0. The monoisotopic (exact) mass is 345 g/mol. The maximum Gasteiger partial charge on any atom is 0.368 e. The van der Waals surface area contributed by atoms with Crippen LogP contribution in [-0.2, 0) is 7.05 Å². The van der Waals surface area contributed by atoms with E-state index < -0.39 is 23.1 Å². The Labute approximate surface area is 138 Å². The molecule has 1 aromatic carbocycles. The number of nitriles is 1. The SMILES string of the molecule is Cn1nnn(-c2cc(Nc3ncc(F)c(N)n3)c(F)cc2C#N)c1=O. The quantitative estimate of drug-likeness (QED) is 0.687. The molecule has 0 amide bonds. The minimum absolute atomic E-state index is 0.000386. The molecule has 0 bridgehead atoms. The van der Waals surface area contributed by atoms with Gasteiger partial charge in [0.15, 0.2) is 11.6 Å². The molecule has 25 heavy (non-hydrogen) atoms. The molecule has 0 fully saturated rings. The van der Waals surface area contributed by atoms with Gasteiger partial charge in [-0.2, -0.15) is 19.6 Å². The Morgan fingerprint density at radius 2 is 2.04 bits per heavy atom. The number of tetrazole rings is 1. The summed E-state index contributed by atoms with van der Waals surface area (Å²) in [5, 5.41) is 18.8. The van der Waals surface area contributed by atoms with E-state index in [1.54, 1.807) is 6.07 Å². The van der Waals surface area contributed by atoms with Gasteiger partial charge in [0, 0.05) is 7.05 Å². The molecule has 0 aliphatic rings. The van der Waals surface area contributed by atoms with Crippen molar-refractivity contribution in [3.8, 4) is 11.8 Å². The summed E-state index contributed by atoms with van der Waals surface area (Å²) in [5.74, 6) is -2.22. The molecule has 0 atom stereocenters. The standard InChI is InChI=1S/C13H9F2N9O/c1-23-13(25)24(22-21-23)10-3-9(7(14)2-6(10)4-16)19-12-18-5-8(15)11(17)20-12/h2-3,5H,1H3,(H3,17,18,19,20). The third-order valence-electron chi connectivity index (χ3n) is 3.17. The average molecular weight is 345 g/mol. The maximum absolute atomic E-state index is 14.2. The number of rotatable bonds is 3. The van der Waals surface area contributed by atoms with Crippen molar-refractivity contribution in [3.05, 3.63) is 46.0 Å². The van der Waals surface area contributed by atoms with Crippen LogP contribution >= 0.6 is 0 Å². The number of hydrogen-bond donors (Lipinski definition) is 2. The van der Waals surface area contributed by atoms with Crippen LogP contribution in [0.5, 0.6) is 0 Å². The van der Waals surface area contributed by atoms with Gasteiger partial charge >= 0.3 is 5.69 Å². The van der Waals surface area contributed by atoms with E-state index in [9.17, 15) is 13.6 Å². The number of nitrogens with zero attached hydrogens (tertiary/aromatic N) is 7. The first-order valence-corrected chi connectivity index (χ1v) is 6.68. The highest BCUT2D eigenvalue weighted by Gasteiger charge is 2.16. The predicted octanol–water partition coefficient (Wildman–Crippen LogP) is 0.232. The first-order chi connectivity index (χ1) is 11.9.